The molecule has 0 atom stereocenters. The van der Waals surface area contributed by atoms with E-state index in [1.807, 2.05) is 13.0 Å². The summed E-state index contributed by atoms with van der Waals surface area (Å²) in [4.78, 5) is 11.7. The molecule has 0 saturated carbocycles. The first-order valence-corrected chi connectivity index (χ1v) is 6.69. The van der Waals surface area contributed by atoms with E-state index < -0.39 is 0 Å². The molecule has 104 valence electrons. The minimum atomic E-state index is -0.356. The third kappa shape index (κ3) is 3.52. The van der Waals surface area contributed by atoms with Crippen molar-refractivity contribution in [2.45, 2.75) is 13.8 Å². The molecule has 0 bridgehead atoms. The Labute approximate surface area is 123 Å². The van der Waals surface area contributed by atoms with E-state index in [-0.39, 0.29) is 5.97 Å². The van der Waals surface area contributed by atoms with Gasteiger partial charge in [-0.1, -0.05) is 17.7 Å². The SMILES string of the molecule is CCOC(=O)c1cccc(Oc2ccc(Cl)cc2C)c1. The fourth-order valence-electron chi connectivity index (χ4n) is 1.76. The third-order valence-corrected chi connectivity index (χ3v) is 2.95. The molecule has 0 aliphatic heterocycles. The van der Waals surface area contributed by atoms with Crippen LogP contribution in [0.3, 0.4) is 0 Å². The lowest BCUT2D eigenvalue weighted by molar-refractivity contribution is 0.0526. The third-order valence-electron chi connectivity index (χ3n) is 2.71. The first kappa shape index (κ1) is 14.4. The van der Waals surface area contributed by atoms with Crippen molar-refractivity contribution in [3.8, 4) is 11.5 Å². The molecule has 0 unspecified atom stereocenters. The fourth-order valence-corrected chi connectivity index (χ4v) is 1.98. The number of ether oxygens (including phenoxy) is 2. The molecule has 3 nitrogen and oxygen atoms in total. The molecular formula is C16H15ClO3. The van der Waals surface area contributed by atoms with Gasteiger partial charge in [0.15, 0.2) is 0 Å². The zero-order valence-electron chi connectivity index (χ0n) is 11.4. The Morgan fingerprint density at radius 2 is 2.00 bits per heavy atom. The molecule has 2 rings (SSSR count). The average Bonchev–Trinajstić information content (AvgIpc) is 2.43. The molecule has 0 heterocycles. The van der Waals surface area contributed by atoms with E-state index in [4.69, 9.17) is 21.1 Å². The highest BCUT2D eigenvalue weighted by Crippen LogP contribution is 2.27. The maximum Gasteiger partial charge on any atom is 0.338 e. The number of esters is 1. The second-order valence-electron chi connectivity index (χ2n) is 4.26. The number of hydrogen-bond acceptors (Lipinski definition) is 3. The van der Waals surface area contributed by atoms with Gasteiger partial charge in [0, 0.05) is 5.02 Å². The Morgan fingerprint density at radius 3 is 2.70 bits per heavy atom. The van der Waals surface area contributed by atoms with E-state index in [2.05, 4.69) is 0 Å². The van der Waals surface area contributed by atoms with Crippen LogP contribution in [0.1, 0.15) is 22.8 Å². The number of carbonyl (C=O) groups is 1. The van der Waals surface area contributed by atoms with Crippen molar-refractivity contribution < 1.29 is 14.3 Å². The predicted molar refractivity (Wildman–Crippen MR) is 78.7 cm³/mol. The maximum absolute atomic E-state index is 11.7. The highest BCUT2D eigenvalue weighted by molar-refractivity contribution is 6.30. The van der Waals surface area contributed by atoms with Crippen LogP contribution < -0.4 is 4.74 Å². The highest BCUT2D eigenvalue weighted by Gasteiger charge is 2.08. The fraction of sp³-hybridized carbons (Fsp3) is 0.188. The molecule has 0 aliphatic carbocycles. The molecule has 0 aliphatic rings. The molecule has 0 radical (unpaired) electrons. The molecule has 4 heteroatoms. The average molecular weight is 291 g/mol. The van der Waals surface area contributed by atoms with Gasteiger partial charge >= 0.3 is 5.97 Å². The Morgan fingerprint density at radius 1 is 1.20 bits per heavy atom. The highest BCUT2D eigenvalue weighted by atomic mass is 35.5. The van der Waals surface area contributed by atoms with Gasteiger partial charge in [-0.05, 0) is 55.8 Å². The van der Waals surface area contributed by atoms with Crippen molar-refractivity contribution in [1.82, 2.24) is 0 Å². The van der Waals surface area contributed by atoms with Gasteiger partial charge in [0.05, 0.1) is 12.2 Å². The lowest BCUT2D eigenvalue weighted by Gasteiger charge is -2.10. The summed E-state index contributed by atoms with van der Waals surface area (Å²) in [6.07, 6.45) is 0. The topological polar surface area (TPSA) is 35.5 Å². The molecule has 0 amide bonds. The van der Waals surface area contributed by atoms with Crippen molar-refractivity contribution in [2.24, 2.45) is 0 Å². The summed E-state index contributed by atoms with van der Waals surface area (Å²) in [6.45, 7) is 4.03. The Balaban J connectivity index is 2.21. The Hall–Kier alpha value is -2.00. The largest absolute Gasteiger partial charge is 0.462 e. The molecular weight excluding hydrogens is 276 g/mol. The van der Waals surface area contributed by atoms with Gasteiger partial charge in [0.2, 0.25) is 0 Å². The smallest absolute Gasteiger partial charge is 0.338 e. The number of aryl methyl sites for hydroxylation is 1. The van der Waals surface area contributed by atoms with Crippen molar-refractivity contribution in [2.75, 3.05) is 6.61 Å². The van der Waals surface area contributed by atoms with Gasteiger partial charge < -0.3 is 9.47 Å². The molecule has 20 heavy (non-hydrogen) atoms. The summed E-state index contributed by atoms with van der Waals surface area (Å²) >= 11 is 5.90. The van der Waals surface area contributed by atoms with Crippen molar-refractivity contribution in [3.05, 3.63) is 58.6 Å². The number of rotatable bonds is 4. The summed E-state index contributed by atoms with van der Waals surface area (Å²) in [6, 6.07) is 12.3. The van der Waals surface area contributed by atoms with Gasteiger partial charge in [-0.25, -0.2) is 4.79 Å². The standard InChI is InChI=1S/C16H15ClO3/c1-3-19-16(18)12-5-4-6-14(10-12)20-15-8-7-13(17)9-11(15)2/h4-10H,3H2,1-2H3. The first-order valence-electron chi connectivity index (χ1n) is 6.31. The zero-order chi connectivity index (χ0) is 14.5. The van der Waals surface area contributed by atoms with Crippen LogP contribution in [0.4, 0.5) is 0 Å². The van der Waals surface area contributed by atoms with Crippen molar-refractivity contribution in [3.63, 3.8) is 0 Å². The molecule has 2 aromatic carbocycles. The minimum Gasteiger partial charge on any atom is -0.462 e. The maximum atomic E-state index is 11.7. The summed E-state index contributed by atoms with van der Waals surface area (Å²) < 4.78 is 10.7. The summed E-state index contributed by atoms with van der Waals surface area (Å²) in [7, 11) is 0. The van der Waals surface area contributed by atoms with Gasteiger partial charge in [0.25, 0.3) is 0 Å². The van der Waals surface area contributed by atoms with Crippen LogP contribution in [-0.2, 0) is 4.74 Å². The summed E-state index contributed by atoms with van der Waals surface area (Å²) in [5.74, 6) is 0.933. The lowest BCUT2D eigenvalue weighted by Crippen LogP contribution is -2.04. The second-order valence-corrected chi connectivity index (χ2v) is 4.70. The van der Waals surface area contributed by atoms with Gasteiger partial charge in [-0.3, -0.25) is 0 Å². The van der Waals surface area contributed by atoms with Crippen LogP contribution in [0.2, 0.25) is 5.02 Å². The van der Waals surface area contributed by atoms with E-state index in [0.717, 1.165) is 5.56 Å². The Kier molecular flexibility index (Phi) is 4.64. The zero-order valence-corrected chi connectivity index (χ0v) is 12.1. The van der Waals surface area contributed by atoms with Gasteiger partial charge in [-0.15, -0.1) is 0 Å². The number of hydrogen-bond donors (Lipinski definition) is 0. The number of benzene rings is 2. The molecule has 0 fully saturated rings. The van der Waals surface area contributed by atoms with Crippen LogP contribution in [0.5, 0.6) is 11.5 Å². The van der Waals surface area contributed by atoms with Crippen LogP contribution in [0.25, 0.3) is 0 Å². The Bertz CT molecular complexity index is 623. The monoisotopic (exact) mass is 290 g/mol. The molecule has 0 saturated heterocycles. The number of halogens is 1. The van der Waals surface area contributed by atoms with E-state index in [9.17, 15) is 4.79 Å². The van der Waals surface area contributed by atoms with E-state index >= 15 is 0 Å². The second kappa shape index (κ2) is 6.44. The van der Waals surface area contributed by atoms with Crippen LogP contribution >= 0.6 is 11.6 Å². The van der Waals surface area contributed by atoms with Crippen LogP contribution in [-0.4, -0.2) is 12.6 Å². The number of carbonyl (C=O) groups excluding carboxylic acids is 1. The van der Waals surface area contributed by atoms with E-state index in [1.54, 1.807) is 43.3 Å². The minimum absolute atomic E-state index is 0.347. The summed E-state index contributed by atoms with van der Waals surface area (Å²) in [5.41, 5.74) is 1.40. The van der Waals surface area contributed by atoms with Crippen LogP contribution in [0.15, 0.2) is 42.5 Å². The summed E-state index contributed by atoms with van der Waals surface area (Å²) in [5, 5.41) is 0.662. The normalized spacial score (nSPS) is 10.2. The molecule has 0 spiro atoms. The van der Waals surface area contributed by atoms with Gasteiger partial charge in [-0.2, -0.15) is 0 Å². The van der Waals surface area contributed by atoms with Crippen molar-refractivity contribution >= 4 is 17.6 Å². The van der Waals surface area contributed by atoms with Gasteiger partial charge in [0.1, 0.15) is 11.5 Å². The predicted octanol–water partition coefficient (Wildman–Crippen LogP) is 4.62. The first-order chi connectivity index (χ1) is 9.60. The quantitative estimate of drug-likeness (QED) is 0.771. The lowest BCUT2D eigenvalue weighted by atomic mass is 10.2. The molecule has 0 N–H and O–H groups in total. The molecule has 0 aromatic heterocycles. The van der Waals surface area contributed by atoms with E-state index in [0.29, 0.717) is 28.7 Å². The van der Waals surface area contributed by atoms with E-state index in [1.165, 1.54) is 0 Å². The van der Waals surface area contributed by atoms with Crippen LogP contribution in [0, 0.1) is 6.92 Å². The molecule has 2 aromatic rings. The van der Waals surface area contributed by atoms with Crippen molar-refractivity contribution in [1.29, 1.82) is 0 Å².